The van der Waals surface area contributed by atoms with Gasteiger partial charge in [0.05, 0.1) is 0 Å². The van der Waals surface area contributed by atoms with E-state index in [0.29, 0.717) is 26.1 Å². The van der Waals surface area contributed by atoms with Crippen molar-refractivity contribution in [3.8, 4) is 0 Å². The van der Waals surface area contributed by atoms with Crippen molar-refractivity contribution in [1.29, 1.82) is 0 Å². The number of nitrogens with one attached hydrogen (secondary N) is 1. The van der Waals surface area contributed by atoms with Crippen LogP contribution in [0.15, 0.2) is 24.5 Å². The molecule has 6 nitrogen and oxygen atoms in total. The molecule has 1 N–H and O–H groups in total. The van der Waals surface area contributed by atoms with Crippen LogP contribution < -0.4 is 5.32 Å². The average molecular weight is 330 g/mol. The van der Waals surface area contributed by atoms with Gasteiger partial charge in [-0.15, -0.1) is 0 Å². The quantitative estimate of drug-likeness (QED) is 0.923. The van der Waals surface area contributed by atoms with Gasteiger partial charge in [-0.05, 0) is 50.8 Å². The topological polar surface area (TPSA) is 65.5 Å². The largest absolute Gasteiger partial charge is 0.336 e. The SMILES string of the molecule is CC(C)NC(=O)N1CCC2(CCC(=O)N2Cc2ccncc2)CC1. The molecule has 3 rings (SSSR count). The second-order valence-electron chi connectivity index (χ2n) is 7.15. The van der Waals surface area contributed by atoms with Crippen LogP contribution in [0, 0.1) is 0 Å². The van der Waals surface area contributed by atoms with Crippen molar-refractivity contribution in [2.75, 3.05) is 13.1 Å². The maximum Gasteiger partial charge on any atom is 0.317 e. The molecule has 130 valence electrons. The molecule has 2 aliphatic heterocycles. The third-order valence-electron chi connectivity index (χ3n) is 5.16. The van der Waals surface area contributed by atoms with Gasteiger partial charge in [0.2, 0.25) is 5.91 Å². The number of nitrogens with zero attached hydrogens (tertiary/aromatic N) is 3. The van der Waals surface area contributed by atoms with Gasteiger partial charge in [0.15, 0.2) is 0 Å². The van der Waals surface area contributed by atoms with Crippen LogP contribution in [0.5, 0.6) is 0 Å². The molecule has 0 unspecified atom stereocenters. The minimum Gasteiger partial charge on any atom is -0.336 e. The van der Waals surface area contributed by atoms with Gasteiger partial charge in [0.25, 0.3) is 0 Å². The number of carbonyl (C=O) groups is 2. The summed E-state index contributed by atoms with van der Waals surface area (Å²) in [5, 5.41) is 2.95. The number of aromatic nitrogens is 1. The molecule has 2 fully saturated rings. The maximum absolute atomic E-state index is 12.4. The number of urea groups is 1. The van der Waals surface area contributed by atoms with Gasteiger partial charge in [-0.1, -0.05) is 0 Å². The first kappa shape index (κ1) is 16.7. The highest BCUT2D eigenvalue weighted by Crippen LogP contribution is 2.40. The first-order valence-corrected chi connectivity index (χ1v) is 8.75. The molecule has 0 aliphatic carbocycles. The molecule has 2 saturated heterocycles. The normalized spacial score (nSPS) is 20.0. The number of carbonyl (C=O) groups excluding carboxylic acids is 2. The van der Waals surface area contributed by atoms with Gasteiger partial charge in [-0.2, -0.15) is 0 Å². The summed E-state index contributed by atoms with van der Waals surface area (Å²) in [6, 6.07) is 4.07. The molecule has 6 heteroatoms. The van der Waals surface area contributed by atoms with Crippen molar-refractivity contribution in [3.63, 3.8) is 0 Å². The molecule has 2 aliphatic rings. The van der Waals surface area contributed by atoms with Gasteiger partial charge in [0.1, 0.15) is 0 Å². The first-order valence-electron chi connectivity index (χ1n) is 8.75. The molecule has 24 heavy (non-hydrogen) atoms. The summed E-state index contributed by atoms with van der Waals surface area (Å²) >= 11 is 0. The Labute approximate surface area is 143 Å². The monoisotopic (exact) mass is 330 g/mol. The lowest BCUT2D eigenvalue weighted by atomic mass is 9.85. The van der Waals surface area contributed by atoms with Gasteiger partial charge >= 0.3 is 6.03 Å². The summed E-state index contributed by atoms with van der Waals surface area (Å²) < 4.78 is 0. The van der Waals surface area contributed by atoms with Crippen molar-refractivity contribution in [2.24, 2.45) is 0 Å². The van der Waals surface area contributed by atoms with Crippen LogP contribution in [0.3, 0.4) is 0 Å². The fourth-order valence-electron chi connectivity index (χ4n) is 3.78. The Balaban J connectivity index is 1.67. The molecule has 0 aromatic carbocycles. The smallest absolute Gasteiger partial charge is 0.317 e. The predicted octanol–water partition coefficient (Wildman–Crippen LogP) is 2.16. The van der Waals surface area contributed by atoms with E-state index in [-0.39, 0.29) is 23.5 Å². The number of amides is 3. The second kappa shape index (κ2) is 6.79. The molecular formula is C18H26N4O2. The summed E-state index contributed by atoms with van der Waals surface area (Å²) in [5.41, 5.74) is 1.02. The van der Waals surface area contributed by atoms with E-state index >= 15 is 0 Å². The number of piperidine rings is 1. The zero-order chi connectivity index (χ0) is 17.2. The summed E-state index contributed by atoms with van der Waals surface area (Å²) in [7, 11) is 0. The van der Waals surface area contributed by atoms with Crippen molar-refractivity contribution in [3.05, 3.63) is 30.1 Å². The van der Waals surface area contributed by atoms with Crippen LogP contribution in [0.25, 0.3) is 0 Å². The van der Waals surface area contributed by atoms with Crippen LogP contribution in [-0.2, 0) is 11.3 Å². The molecule has 0 radical (unpaired) electrons. The lowest BCUT2D eigenvalue weighted by Crippen LogP contribution is -2.55. The Bertz CT molecular complexity index is 594. The highest BCUT2D eigenvalue weighted by Gasteiger charge is 2.47. The zero-order valence-electron chi connectivity index (χ0n) is 14.5. The third kappa shape index (κ3) is 3.37. The van der Waals surface area contributed by atoms with Gasteiger partial charge in [-0.3, -0.25) is 9.78 Å². The van der Waals surface area contributed by atoms with E-state index in [9.17, 15) is 9.59 Å². The van der Waals surface area contributed by atoms with Crippen molar-refractivity contribution < 1.29 is 9.59 Å². The summed E-state index contributed by atoms with van der Waals surface area (Å²) in [5.74, 6) is 0.229. The van der Waals surface area contributed by atoms with E-state index in [0.717, 1.165) is 24.8 Å². The lowest BCUT2D eigenvalue weighted by molar-refractivity contribution is -0.133. The first-order chi connectivity index (χ1) is 11.5. The van der Waals surface area contributed by atoms with Crippen molar-refractivity contribution in [1.82, 2.24) is 20.1 Å². The fraction of sp³-hybridized carbons (Fsp3) is 0.611. The van der Waals surface area contributed by atoms with Crippen LogP contribution in [0.1, 0.15) is 45.1 Å². The number of pyridine rings is 1. The van der Waals surface area contributed by atoms with E-state index < -0.39 is 0 Å². The van der Waals surface area contributed by atoms with Gasteiger partial charge in [0, 0.05) is 50.0 Å². The Hall–Kier alpha value is -2.11. The number of likely N-dealkylation sites (tertiary alicyclic amines) is 2. The molecule has 1 aromatic rings. The van der Waals surface area contributed by atoms with E-state index in [1.807, 2.05) is 35.8 Å². The summed E-state index contributed by atoms with van der Waals surface area (Å²) in [6.07, 6.45) is 6.76. The predicted molar refractivity (Wildman–Crippen MR) is 91.2 cm³/mol. The minimum atomic E-state index is -0.0883. The van der Waals surface area contributed by atoms with Crippen LogP contribution >= 0.6 is 0 Å². The summed E-state index contributed by atoms with van der Waals surface area (Å²) in [6.45, 7) is 5.99. The minimum absolute atomic E-state index is 0.00450. The van der Waals surface area contributed by atoms with E-state index in [2.05, 4.69) is 10.3 Å². The maximum atomic E-state index is 12.4. The van der Waals surface area contributed by atoms with E-state index in [4.69, 9.17) is 0 Å². The zero-order valence-corrected chi connectivity index (χ0v) is 14.5. The van der Waals surface area contributed by atoms with Crippen LogP contribution in [0.2, 0.25) is 0 Å². The molecule has 0 bridgehead atoms. The molecule has 3 amide bonds. The molecule has 3 heterocycles. The Morgan fingerprint density at radius 2 is 1.92 bits per heavy atom. The lowest BCUT2D eigenvalue weighted by Gasteiger charge is -2.45. The Kier molecular flexibility index (Phi) is 4.73. The molecule has 0 saturated carbocycles. The Morgan fingerprint density at radius 1 is 1.25 bits per heavy atom. The number of rotatable bonds is 3. The van der Waals surface area contributed by atoms with Gasteiger partial charge < -0.3 is 15.1 Å². The average Bonchev–Trinajstić information content (AvgIpc) is 2.85. The van der Waals surface area contributed by atoms with Crippen molar-refractivity contribution >= 4 is 11.9 Å². The van der Waals surface area contributed by atoms with Gasteiger partial charge in [-0.25, -0.2) is 4.79 Å². The third-order valence-corrected chi connectivity index (χ3v) is 5.16. The standard InChI is InChI=1S/C18H26N4O2/c1-14(2)20-17(24)21-11-7-18(8-12-21)6-3-16(23)22(18)13-15-4-9-19-10-5-15/h4-5,9-10,14H,3,6-8,11-13H2,1-2H3,(H,20,24). The fourth-order valence-corrected chi connectivity index (χ4v) is 3.78. The van der Waals surface area contributed by atoms with Crippen LogP contribution in [-0.4, -0.2) is 51.4 Å². The highest BCUT2D eigenvalue weighted by atomic mass is 16.2. The Morgan fingerprint density at radius 3 is 2.54 bits per heavy atom. The molecular weight excluding hydrogens is 304 g/mol. The number of hydrogen-bond donors (Lipinski definition) is 1. The molecule has 1 spiro atoms. The highest BCUT2D eigenvalue weighted by molar-refractivity contribution is 5.80. The molecule has 0 atom stereocenters. The van der Waals surface area contributed by atoms with Crippen LogP contribution in [0.4, 0.5) is 4.79 Å². The molecule has 1 aromatic heterocycles. The number of hydrogen-bond acceptors (Lipinski definition) is 3. The van der Waals surface area contributed by atoms with E-state index in [1.54, 1.807) is 12.4 Å². The van der Waals surface area contributed by atoms with Crippen molar-refractivity contribution in [2.45, 2.75) is 57.7 Å². The van der Waals surface area contributed by atoms with E-state index in [1.165, 1.54) is 0 Å². The summed E-state index contributed by atoms with van der Waals surface area (Å²) in [4.78, 5) is 32.6. The second-order valence-corrected chi connectivity index (χ2v) is 7.15.